The first kappa shape index (κ1) is 4.70. The van der Waals surface area contributed by atoms with Crippen molar-refractivity contribution in [3.8, 4) is 0 Å². The van der Waals surface area contributed by atoms with Crippen molar-refractivity contribution in [1.82, 2.24) is 5.32 Å². The van der Waals surface area contributed by atoms with Gasteiger partial charge < -0.3 is 5.32 Å². The van der Waals surface area contributed by atoms with Gasteiger partial charge in [0.2, 0.25) is 0 Å². The van der Waals surface area contributed by atoms with Crippen LogP contribution >= 0.6 is 0 Å². The van der Waals surface area contributed by atoms with Crippen LogP contribution in [-0.2, 0) is 22.4 Å². The maximum Gasteiger partial charge on any atom is 0.00772 e. The van der Waals surface area contributed by atoms with Crippen LogP contribution < -0.4 is 5.32 Å². The molecule has 0 aromatic rings. The van der Waals surface area contributed by atoms with Gasteiger partial charge in [-0.2, -0.15) is 0 Å². The Morgan fingerprint density at radius 3 is 1.50 bits per heavy atom. The van der Waals surface area contributed by atoms with E-state index < -0.39 is 0 Å². The molecule has 1 heterocycles. The minimum Gasteiger partial charge on any atom is -0.314 e. The molecule has 0 spiro atoms. The first-order chi connectivity index (χ1) is 1.50. The molecule has 29 valence electrons. The molecular formula is C2H5AgN. The van der Waals surface area contributed by atoms with Gasteiger partial charge in [-0.25, -0.2) is 0 Å². The Kier molecular flexibility index (Phi) is 2.32. The van der Waals surface area contributed by atoms with E-state index >= 15 is 0 Å². The van der Waals surface area contributed by atoms with Gasteiger partial charge in [0.25, 0.3) is 0 Å². The summed E-state index contributed by atoms with van der Waals surface area (Å²) in [5.41, 5.74) is 0. The summed E-state index contributed by atoms with van der Waals surface area (Å²) in [6.45, 7) is 2.50. The zero-order valence-electron chi connectivity index (χ0n) is 2.22. The van der Waals surface area contributed by atoms with Gasteiger partial charge in [-0.15, -0.1) is 0 Å². The topological polar surface area (TPSA) is 21.9 Å². The van der Waals surface area contributed by atoms with Crippen LogP contribution in [0.1, 0.15) is 0 Å². The molecule has 0 unspecified atom stereocenters. The molecule has 1 N–H and O–H groups in total. The Morgan fingerprint density at radius 1 is 1.25 bits per heavy atom. The van der Waals surface area contributed by atoms with Crippen molar-refractivity contribution in [3.05, 3.63) is 0 Å². The third-order valence-corrected chi connectivity index (χ3v) is 0.250. The van der Waals surface area contributed by atoms with Crippen LogP contribution in [0.15, 0.2) is 0 Å². The van der Waals surface area contributed by atoms with Crippen molar-refractivity contribution in [1.29, 1.82) is 0 Å². The van der Waals surface area contributed by atoms with Crippen LogP contribution in [0.3, 0.4) is 0 Å². The van der Waals surface area contributed by atoms with Gasteiger partial charge in [0.05, 0.1) is 0 Å². The largest absolute Gasteiger partial charge is 0.314 e. The summed E-state index contributed by atoms with van der Waals surface area (Å²) < 4.78 is 0. The Morgan fingerprint density at radius 2 is 1.50 bits per heavy atom. The van der Waals surface area contributed by atoms with E-state index in [1.807, 2.05) is 0 Å². The molecule has 0 aromatic carbocycles. The molecule has 1 aliphatic rings. The first-order valence-corrected chi connectivity index (χ1v) is 1.21. The SMILES string of the molecule is C1CN1.[Ag]. The molecule has 1 nitrogen and oxygen atoms in total. The fraction of sp³-hybridized carbons (Fsp3) is 1.00. The summed E-state index contributed by atoms with van der Waals surface area (Å²) in [5.74, 6) is 0. The maximum atomic E-state index is 3.00. The first-order valence-electron chi connectivity index (χ1n) is 1.21. The van der Waals surface area contributed by atoms with Crippen LogP contribution in [0.5, 0.6) is 0 Å². The third kappa shape index (κ3) is 2.70. The molecule has 1 saturated heterocycles. The Bertz CT molecular complexity index is 10.8. The molecule has 1 aliphatic heterocycles. The van der Waals surface area contributed by atoms with Crippen molar-refractivity contribution in [3.63, 3.8) is 0 Å². The van der Waals surface area contributed by atoms with Crippen LogP contribution in [0, 0.1) is 0 Å². The normalized spacial score (nSPS) is 18.0. The van der Waals surface area contributed by atoms with E-state index in [9.17, 15) is 0 Å². The van der Waals surface area contributed by atoms with E-state index in [0.29, 0.717) is 0 Å². The average Bonchev–Trinajstić information content (AvgIpc) is 1.46. The fourth-order valence-electron chi connectivity index (χ4n) is 0. The van der Waals surface area contributed by atoms with Gasteiger partial charge >= 0.3 is 0 Å². The second kappa shape index (κ2) is 1.97. The second-order valence-electron chi connectivity index (χ2n) is 0.750. The predicted octanol–water partition coefficient (Wildman–Crippen LogP) is -0.413. The zero-order chi connectivity index (χ0) is 2.12. The van der Waals surface area contributed by atoms with Gasteiger partial charge in [0, 0.05) is 35.5 Å². The summed E-state index contributed by atoms with van der Waals surface area (Å²) in [6.07, 6.45) is 0. The summed E-state index contributed by atoms with van der Waals surface area (Å²) in [5, 5.41) is 3.00. The van der Waals surface area contributed by atoms with Crippen LogP contribution in [0.2, 0.25) is 0 Å². The quantitative estimate of drug-likeness (QED) is 0.368. The Labute approximate surface area is 41.3 Å². The van der Waals surface area contributed by atoms with Crippen molar-refractivity contribution >= 4 is 0 Å². The van der Waals surface area contributed by atoms with Crippen molar-refractivity contribution in [2.75, 3.05) is 13.1 Å². The summed E-state index contributed by atoms with van der Waals surface area (Å²) in [7, 11) is 0. The van der Waals surface area contributed by atoms with Crippen LogP contribution in [0.4, 0.5) is 0 Å². The molecule has 0 bridgehead atoms. The molecule has 1 radical (unpaired) electrons. The average molecular weight is 151 g/mol. The van der Waals surface area contributed by atoms with E-state index in [1.165, 1.54) is 13.1 Å². The van der Waals surface area contributed by atoms with Crippen LogP contribution in [-0.4, -0.2) is 13.1 Å². The molecule has 1 rings (SSSR count). The number of hydrogen-bond donors (Lipinski definition) is 1. The van der Waals surface area contributed by atoms with Gasteiger partial charge in [-0.05, 0) is 0 Å². The fourth-order valence-corrected chi connectivity index (χ4v) is 0. The van der Waals surface area contributed by atoms with E-state index in [0.717, 1.165) is 0 Å². The molecule has 0 aliphatic carbocycles. The van der Waals surface area contributed by atoms with Crippen molar-refractivity contribution < 1.29 is 22.4 Å². The minimum atomic E-state index is 0. The van der Waals surface area contributed by atoms with Gasteiger partial charge in [-0.3, -0.25) is 0 Å². The monoisotopic (exact) mass is 150 g/mol. The number of rotatable bonds is 0. The summed E-state index contributed by atoms with van der Waals surface area (Å²) in [4.78, 5) is 0. The van der Waals surface area contributed by atoms with E-state index in [2.05, 4.69) is 5.32 Å². The van der Waals surface area contributed by atoms with E-state index in [1.54, 1.807) is 0 Å². The third-order valence-electron chi connectivity index (χ3n) is 0.250. The number of hydrogen-bond acceptors (Lipinski definition) is 1. The van der Waals surface area contributed by atoms with Gasteiger partial charge in [0.15, 0.2) is 0 Å². The molecule has 0 saturated carbocycles. The molecular weight excluding hydrogens is 146 g/mol. The molecule has 2 heteroatoms. The van der Waals surface area contributed by atoms with E-state index in [4.69, 9.17) is 0 Å². The predicted molar refractivity (Wildman–Crippen MR) is 12.9 cm³/mol. The standard InChI is InChI=1S/C2H5N.Ag/c1-2-3-1;/h3H,1-2H2;. The Hall–Kier alpha value is 0.700. The summed E-state index contributed by atoms with van der Waals surface area (Å²) in [6, 6.07) is 0. The molecule has 0 amide bonds. The Balaban J connectivity index is 0.0000000900. The zero-order valence-corrected chi connectivity index (χ0v) is 3.70. The summed E-state index contributed by atoms with van der Waals surface area (Å²) >= 11 is 0. The van der Waals surface area contributed by atoms with Gasteiger partial charge in [0.1, 0.15) is 0 Å². The van der Waals surface area contributed by atoms with E-state index in [-0.39, 0.29) is 22.4 Å². The van der Waals surface area contributed by atoms with Crippen molar-refractivity contribution in [2.24, 2.45) is 0 Å². The van der Waals surface area contributed by atoms with Crippen molar-refractivity contribution in [2.45, 2.75) is 0 Å². The minimum absolute atomic E-state index is 0. The molecule has 0 atom stereocenters. The molecule has 4 heavy (non-hydrogen) atoms. The molecule has 0 aromatic heterocycles. The van der Waals surface area contributed by atoms with Gasteiger partial charge in [-0.1, -0.05) is 0 Å². The number of nitrogens with one attached hydrogen (secondary N) is 1. The second-order valence-corrected chi connectivity index (χ2v) is 0.750. The molecule has 1 fully saturated rings. The maximum absolute atomic E-state index is 3.00. The smallest absolute Gasteiger partial charge is 0.00772 e. The van der Waals surface area contributed by atoms with Crippen LogP contribution in [0.25, 0.3) is 0 Å².